The highest BCUT2D eigenvalue weighted by molar-refractivity contribution is 5.69. The first-order chi connectivity index (χ1) is 6.15. The Hall–Kier alpha value is -0.690. The van der Waals surface area contributed by atoms with E-state index in [0.717, 1.165) is 0 Å². The molecule has 6 nitrogen and oxygen atoms in total. The molecule has 0 aliphatic carbocycles. The Bertz CT molecular complexity index is 152. The third-order valence-electron chi connectivity index (χ3n) is 1.31. The molecule has 0 saturated carbocycles. The number of esters is 1. The van der Waals surface area contributed by atoms with E-state index in [4.69, 9.17) is 16.1 Å². The molecule has 0 bridgehead atoms. The van der Waals surface area contributed by atoms with Crippen molar-refractivity contribution in [2.45, 2.75) is 32.2 Å². The van der Waals surface area contributed by atoms with Crippen molar-refractivity contribution in [3.63, 3.8) is 0 Å². The van der Waals surface area contributed by atoms with Crippen molar-refractivity contribution in [1.82, 2.24) is 5.90 Å². The van der Waals surface area contributed by atoms with Crippen molar-refractivity contribution >= 4 is 5.97 Å². The lowest BCUT2D eigenvalue weighted by atomic mass is 10.3. The van der Waals surface area contributed by atoms with Gasteiger partial charge in [-0.15, -0.1) is 0 Å². The lowest BCUT2D eigenvalue weighted by molar-refractivity contribution is -0.213. The number of aliphatic hydroxyl groups excluding tert-OH is 2. The highest BCUT2D eigenvalue weighted by atomic mass is 16.8. The normalized spacial score (nSPS) is 15.1. The number of aliphatic hydroxyl groups is 2. The largest absolute Gasteiger partial charge is 0.431 e. The van der Waals surface area contributed by atoms with Crippen LogP contribution in [0.3, 0.4) is 0 Å². The van der Waals surface area contributed by atoms with Gasteiger partial charge in [0.05, 0.1) is 6.61 Å². The monoisotopic (exact) mass is 191 g/mol. The molecular formula is C7H13NO5. The van der Waals surface area contributed by atoms with Crippen LogP contribution in [0.5, 0.6) is 0 Å². The number of nitrogens with zero attached hydrogens (tertiary/aromatic N) is 1. The Morgan fingerprint density at radius 2 is 2.23 bits per heavy atom. The molecule has 6 heteroatoms. The second-order valence-corrected chi connectivity index (χ2v) is 2.46. The fourth-order valence-electron chi connectivity index (χ4n) is 0.649. The lowest BCUT2D eigenvalue weighted by Gasteiger charge is -2.17. The molecule has 0 saturated heterocycles. The fourth-order valence-corrected chi connectivity index (χ4v) is 0.649. The summed E-state index contributed by atoms with van der Waals surface area (Å²) in [6.45, 7) is 1.11. The molecule has 0 rings (SSSR count). The van der Waals surface area contributed by atoms with E-state index in [9.17, 15) is 4.79 Å². The van der Waals surface area contributed by atoms with Crippen LogP contribution in [0, 0.1) is 0 Å². The molecule has 0 spiro atoms. The smallest absolute Gasteiger partial charge is 0.308 e. The standard InChI is InChI=1S/C7H13NO5/c1-2-3-6(11)12-7(13-8)5(10)4-9/h5,7,9-10H,2-4H2,1H3. The molecule has 0 fully saturated rings. The van der Waals surface area contributed by atoms with E-state index in [2.05, 4.69) is 9.57 Å². The van der Waals surface area contributed by atoms with Crippen LogP contribution in [-0.2, 0) is 14.4 Å². The first-order valence-electron chi connectivity index (χ1n) is 3.94. The Morgan fingerprint density at radius 1 is 1.62 bits per heavy atom. The van der Waals surface area contributed by atoms with E-state index in [-0.39, 0.29) is 6.42 Å². The topological polar surface area (TPSA) is 98.3 Å². The summed E-state index contributed by atoms with van der Waals surface area (Å²) >= 11 is 0. The highest BCUT2D eigenvalue weighted by Gasteiger charge is 2.23. The quantitative estimate of drug-likeness (QED) is 0.319. The first-order valence-corrected chi connectivity index (χ1v) is 3.94. The number of carbonyl (C=O) groups is 1. The minimum atomic E-state index is -1.52. The Labute approximate surface area is 76.2 Å². The van der Waals surface area contributed by atoms with Gasteiger partial charge in [-0.1, -0.05) is 6.92 Å². The molecule has 13 heavy (non-hydrogen) atoms. The molecule has 2 atom stereocenters. The molecule has 76 valence electrons. The van der Waals surface area contributed by atoms with Crippen LogP contribution < -0.4 is 5.90 Å². The SMILES string of the molecule is CCCC(=O)OC(O[N])C(O)CO. The number of ether oxygens (including phenoxy) is 1. The Kier molecular flexibility index (Phi) is 6.43. The molecule has 2 unspecified atom stereocenters. The van der Waals surface area contributed by atoms with Crippen molar-refractivity contribution in [3.8, 4) is 0 Å². The van der Waals surface area contributed by atoms with Gasteiger partial charge in [0.1, 0.15) is 6.10 Å². The zero-order valence-corrected chi connectivity index (χ0v) is 7.34. The summed E-state index contributed by atoms with van der Waals surface area (Å²) in [5, 5.41) is 17.4. The van der Waals surface area contributed by atoms with Gasteiger partial charge >= 0.3 is 5.97 Å². The third kappa shape index (κ3) is 4.79. The van der Waals surface area contributed by atoms with Gasteiger partial charge in [-0.25, -0.2) is 4.84 Å². The molecule has 0 aliphatic heterocycles. The van der Waals surface area contributed by atoms with E-state index in [0.29, 0.717) is 6.42 Å². The molecule has 0 aromatic rings. The maximum atomic E-state index is 10.8. The van der Waals surface area contributed by atoms with Crippen molar-refractivity contribution in [2.24, 2.45) is 0 Å². The van der Waals surface area contributed by atoms with Gasteiger partial charge in [0.2, 0.25) is 0 Å². The van der Waals surface area contributed by atoms with Crippen molar-refractivity contribution in [3.05, 3.63) is 0 Å². The van der Waals surface area contributed by atoms with Gasteiger partial charge in [-0.05, 0) is 6.42 Å². The van der Waals surface area contributed by atoms with Crippen molar-refractivity contribution in [1.29, 1.82) is 0 Å². The average Bonchev–Trinajstić information content (AvgIpc) is 2.13. The van der Waals surface area contributed by atoms with Crippen LogP contribution >= 0.6 is 0 Å². The molecule has 0 heterocycles. The van der Waals surface area contributed by atoms with Gasteiger partial charge in [-0.2, -0.15) is 0 Å². The summed E-state index contributed by atoms with van der Waals surface area (Å²) in [4.78, 5) is 14.5. The summed E-state index contributed by atoms with van der Waals surface area (Å²) in [7, 11) is 0. The van der Waals surface area contributed by atoms with Gasteiger partial charge in [0.15, 0.2) is 0 Å². The van der Waals surface area contributed by atoms with Crippen LogP contribution in [0.15, 0.2) is 0 Å². The summed E-state index contributed by atoms with van der Waals surface area (Å²) in [5.74, 6) is 7.59. The van der Waals surface area contributed by atoms with Gasteiger partial charge in [0.25, 0.3) is 6.29 Å². The average molecular weight is 191 g/mol. The fraction of sp³-hybridized carbons (Fsp3) is 0.857. The molecule has 0 aromatic heterocycles. The van der Waals surface area contributed by atoms with Gasteiger partial charge < -0.3 is 14.9 Å². The number of carbonyl (C=O) groups excluding carboxylic acids is 1. The van der Waals surface area contributed by atoms with E-state index < -0.39 is 25.0 Å². The van der Waals surface area contributed by atoms with Gasteiger partial charge in [0, 0.05) is 12.3 Å². The van der Waals surface area contributed by atoms with Crippen LogP contribution in [0.4, 0.5) is 0 Å². The summed E-state index contributed by atoms with van der Waals surface area (Å²) in [5.41, 5.74) is 0. The highest BCUT2D eigenvalue weighted by Crippen LogP contribution is 2.02. The summed E-state index contributed by atoms with van der Waals surface area (Å²) in [6, 6.07) is 0. The van der Waals surface area contributed by atoms with E-state index in [1.165, 1.54) is 0 Å². The first kappa shape index (κ1) is 12.3. The zero-order chi connectivity index (χ0) is 10.3. The predicted octanol–water partition coefficient (Wildman–Crippen LogP) is -0.991. The van der Waals surface area contributed by atoms with Crippen LogP contribution in [0.25, 0.3) is 0 Å². The van der Waals surface area contributed by atoms with Gasteiger partial charge in [-0.3, -0.25) is 4.79 Å². The molecule has 0 aliphatic rings. The molecule has 0 amide bonds. The molecule has 2 radical (unpaired) electrons. The molecule has 0 aromatic carbocycles. The van der Waals surface area contributed by atoms with Crippen LogP contribution in [0.1, 0.15) is 19.8 Å². The summed E-state index contributed by atoms with van der Waals surface area (Å²) < 4.78 is 4.47. The van der Waals surface area contributed by atoms with Crippen LogP contribution in [-0.4, -0.2) is 35.2 Å². The van der Waals surface area contributed by atoms with Crippen molar-refractivity contribution < 1.29 is 24.6 Å². The minimum absolute atomic E-state index is 0.165. The molecule has 2 N–H and O–H groups in total. The summed E-state index contributed by atoms with van der Waals surface area (Å²) in [6.07, 6.45) is -2.21. The third-order valence-corrected chi connectivity index (χ3v) is 1.31. The second kappa shape index (κ2) is 6.79. The second-order valence-electron chi connectivity index (χ2n) is 2.46. The number of hydrogen-bond donors (Lipinski definition) is 2. The van der Waals surface area contributed by atoms with E-state index in [1.807, 2.05) is 0 Å². The maximum Gasteiger partial charge on any atom is 0.308 e. The predicted molar refractivity (Wildman–Crippen MR) is 41.1 cm³/mol. The van der Waals surface area contributed by atoms with Crippen molar-refractivity contribution in [2.75, 3.05) is 6.61 Å². The zero-order valence-electron chi connectivity index (χ0n) is 7.34. The number of rotatable bonds is 6. The maximum absolute atomic E-state index is 10.8. The number of hydrogen-bond acceptors (Lipinski definition) is 5. The van der Waals surface area contributed by atoms with E-state index in [1.54, 1.807) is 6.92 Å². The minimum Gasteiger partial charge on any atom is -0.431 e. The molecular weight excluding hydrogens is 178 g/mol. The Balaban J connectivity index is 3.89. The lowest BCUT2D eigenvalue weighted by Crippen LogP contribution is -2.35. The van der Waals surface area contributed by atoms with Crippen LogP contribution in [0.2, 0.25) is 0 Å². The Morgan fingerprint density at radius 3 is 2.62 bits per heavy atom. The van der Waals surface area contributed by atoms with E-state index >= 15 is 0 Å².